The van der Waals surface area contributed by atoms with Crippen molar-refractivity contribution >= 4 is 11.6 Å². The van der Waals surface area contributed by atoms with Gasteiger partial charge in [0.25, 0.3) is 5.91 Å². The molecule has 1 aromatic heterocycles. The van der Waals surface area contributed by atoms with Crippen LogP contribution in [0.15, 0.2) is 22.7 Å². The highest BCUT2D eigenvalue weighted by Crippen LogP contribution is 2.38. The predicted octanol–water partition coefficient (Wildman–Crippen LogP) is 3.88. The van der Waals surface area contributed by atoms with Crippen molar-refractivity contribution in [2.45, 2.75) is 64.5 Å². The summed E-state index contributed by atoms with van der Waals surface area (Å²) in [6, 6.07) is 6.17. The molecule has 2 fully saturated rings. The molecule has 1 aromatic carbocycles. The number of likely N-dealkylation sites (tertiary alicyclic amines) is 1. The normalized spacial score (nSPS) is 20.2. The van der Waals surface area contributed by atoms with E-state index in [0.717, 1.165) is 54.9 Å². The zero-order valence-corrected chi connectivity index (χ0v) is 15.5. The van der Waals surface area contributed by atoms with Crippen LogP contribution in [0.3, 0.4) is 0 Å². The van der Waals surface area contributed by atoms with E-state index in [2.05, 4.69) is 22.4 Å². The molecule has 1 aliphatic carbocycles. The Morgan fingerprint density at radius 1 is 1.31 bits per heavy atom. The van der Waals surface area contributed by atoms with Crippen molar-refractivity contribution < 1.29 is 9.32 Å². The van der Waals surface area contributed by atoms with Crippen LogP contribution in [0, 0.1) is 6.92 Å². The van der Waals surface area contributed by atoms with Gasteiger partial charge >= 0.3 is 0 Å². The first-order chi connectivity index (χ1) is 12.6. The highest BCUT2D eigenvalue weighted by atomic mass is 16.5. The molecule has 1 atom stereocenters. The van der Waals surface area contributed by atoms with Crippen LogP contribution in [-0.2, 0) is 6.54 Å². The molecule has 6 nitrogen and oxygen atoms in total. The van der Waals surface area contributed by atoms with Crippen molar-refractivity contribution in [3.63, 3.8) is 0 Å². The fourth-order valence-corrected chi connectivity index (χ4v) is 3.58. The molecule has 2 aromatic rings. The van der Waals surface area contributed by atoms with Crippen molar-refractivity contribution in [2.24, 2.45) is 0 Å². The van der Waals surface area contributed by atoms with E-state index in [9.17, 15) is 4.79 Å². The molecule has 4 rings (SSSR count). The second-order valence-corrected chi connectivity index (χ2v) is 7.55. The quantitative estimate of drug-likeness (QED) is 0.882. The number of nitrogens with zero attached hydrogens (tertiary/aromatic N) is 3. The van der Waals surface area contributed by atoms with Gasteiger partial charge in [0.05, 0.1) is 6.54 Å². The van der Waals surface area contributed by atoms with Crippen LogP contribution in [0.5, 0.6) is 0 Å². The van der Waals surface area contributed by atoms with Crippen LogP contribution < -0.4 is 5.32 Å². The first-order valence-corrected chi connectivity index (χ1v) is 9.60. The molecule has 1 saturated carbocycles. The Kier molecular flexibility index (Phi) is 4.66. The number of rotatable bonds is 5. The van der Waals surface area contributed by atoms with Gasteiger partial charge in [-0.2, -0.15) is 4.98 Å². The van der Waals surface area contributed by atoms with Gasteiger partial charge in [0.15, 0.2) is 5.82 Å². The summed E-state index contributed by atoms with van der Waals surface area (Å²) in [7, 11) is 0. The van der Waals surface area contributed by atoms with E-state index >= 15 is 0 Å². The van der Waals surface area contributed by atoms with E-state index in [1.54, 1.807) is 0 Å². The van der Waals surface area contributed by atoms with Gasteiger partial charge in [-0.25, -0.2) is 0 Å². The topological polar surface area (TPSA) is 71.3 Å². The molecular formula is C20H26N4O2. The van der Waals surface area contributed by atoms with Gasteiger partial charge < -0.3 is 14.7 Å². The summed E-state index contributed by atoms with van der Waals surface area (Å²) in [6.45, 7) is 5.51. The molecule has 6 heteroatoms. The molecule has 1 N–H and O–H groups in total. The molecule has 0 spiro atoms. The number of amides is 1. The summed E-state index contributed by atoms with van der Waals surface area (Å²) in [5, 5.41) is 7.37. The lowest BCUT2D eigenvalue weighted by atomic mass is 10.0. The summed E-state index contributed by atoms with van der Waals surface area (Å²) in [4.78, 5) is 19.2. The smallest absolute Gasteiger partial charge is 0.254 e. The van der Waals surface area contributed by atoms with Crippen LogP contribution in [0.2, 0.25) is 0 Å². The summed E-state index contributed by atoms with van der Waals surface area (Å²) < 4.78 is 5.30. The highest BCUT2D eigenvalue weighted by molar-refractivity contribution is 5.95. The third-order valence-electron chi connectivity index (χ3n) is 5.39. The number of hydrogen-bond donors (Lipinski definition) is 1. The largest absolute Gasteiger partial charge is 0.376 e. The Balaban J connectivity index is 1.40. The number of carbonyl (C=O) groups excluding carboxylic acids is 1. The van der Waals surface area contributed by atoms with Crippen molar-refractivity contribution in [1.29, 1.82) is 0 Å². The number of aromatic nitrogens is 2. The standard InChI is InChI=1S/C20H26N4O2/c1-13-11-16(20(25)24-10-4-3-5-14(24)2)8-9-17(13)21-12-18-22-19(23-26-18)15-6-7-15/h8-9,11,14-15,21H,3-7,10,12H2,1-2H3. The van der Waals surface area contributed by atoms with Crippen molar-refractivity contribution in [1.82, 2.24) is 15.0 Å². The number of anilines is 1. The van der Waals surface area contributed by atoms with Crippen molar-refractivity contribution in [3.8, 4) is 0 Å². The van der Waals surface area contributed by atoms with Gasteiger partial charge in [0, 0.05) is 29.8 Å². The molecule has 2 heterocycles. The fourth-order valence-electron chi connectivity index (χ4n) is 3.58. The SMILES string of the molecule is Cc1cc(C(=O)N2CCCCC2C)ccc1NCc1nc(C2CC2)no1. The average Bonchev–Trinajstić information content (AvgIpc) is 3.39. The Morgan fingerprint density at radius 3 is 2.88 bits per heavy atom. The van der Waals surface area contributed by atoms with Crippen LogP contribution in [0.4, 0.5) is 5.69 Å². The monoisotopic (exact) mass is 354 g/mol. The number of aryl methyl sites for hydroxylation is 1. The second-order valence-electron chi connectivity index (χ2n) is 7.55. The maximum absolute atomic E-state index is 12.8. The van der Waals surface area contributed by atoms with Crippen molar-refractivity contribution in [3.05, 3.63) is 41.0 Å². The fraction of sp³-hybridized carbons (Fsp3) is 0.550. The molecule has 1 unspecified atom stereocenters. The lowest BCUT2D eigenvalue weighted by Crippen LogP contribution is -2.42. The van der Waals surface area contributed by atoms with Crippen molar-refractivity contribution in [2.75, 3.05) is 11.9 Å². The lowest BCUT2D eigenvalue weighted by molar-refractivity contribution is 0.0635. The number of hydrogen-bond acceptors (Lipinski definition) is 5. The molecule has 0 radical (unpaired) electrons. The maximum Gasteiger partial charge on any atom is 0.254 e. The zero-order valence-electron chi connectivity index (χ0n) is 15.5. The van der Waals surface area contributed by atoms with E-state index in [0.29, 0.717) is 24.4 Å². The van der Waals surface area contributed by atoms with E-state index in [1.165, 1.54) is 6.42 Å². The maximum atomic E-state index is 12.8. The Labute approximate surface area is 154 Å². The Hall–Kier alpha value is -2.37. The number of nitrogens with one attached hydrogen (secondary N) is 1. The molecular weight excluding hydrogens is 328 g/mol. The Morgan fingerprint density at radius 2 is 2.15 bits per heavy atom. The van der Waals surface area contributed by atoms with Gasteiger partial charge in [-0.3, -0.25) is 4.79 Å². The lowest BCUT2D eigenvalue weighted by Gasteiger charge is -2.33. The second kappa shape index (κ2) is 7.09. The average molecular weight is 354 g/mol. The summed E-state index contributed by atoms with van der Waals surface area (Å²) in [5.41, 5.74) is 2.79. The zero-order chi connectivity index (χ0) is 18.1. The number of piperidine rings is 1. The highest BCUT2D eigenvalue weighted by Gasteiger charge is 2.28. The molecule has 138 valence electrons. The number of carbonyl (C=O) groups is 1. The van der Waals surface area contributed by atoms with E-state index in [4.69, 9.17) is 4.52 Å². The van der Waals surface area contributed by atoms with Crippen LogP contribution in [0.1, 0.15) is 72.6 Å². The summed E-state index contributed by atoms with van der Waals surface area (Å²) in [6.07, 6.45) is 5.73. The van der Waals surface area contributed by atoms with Gasteiger partial charge in [-0.1, -0.05) is 5.16 Å². The van der Waals surface area contributed by atoms with Gasteiger partial charge in [-0.15, -0.1) is 0 Å². The minimum Gasteiger partial charge on any atom is -0.376 e. The molecule has 1 saturated heterocycles. The van der Waals surface area contributed by atoms with Crippen LogP contribution in [-0.4, -0.2) is 33.5 Å². The third-order valence-corrected chi connectivity index (χ3v) is 5.39. The third kappa shape index (κ3) is 3.59. The van der Waals surface area contributed by atoms with E-state index < -0.39 is 0 Å². The van der Waals surface area contributed by atoms with Crippen LogP contribution in [0.25, 0.3) is 0 Å². The summed E-state index contributed by atoms with van der Waals surface area (Å²) in [5.74, 6) is 2.07. The van der Waals surface area contributed by atoms with Gasteiger partial charge in [0.1, 0.15) is 0 Å². The van der Waals surface area contributed by atoms with E-state index in [1.807, 2.05) is 30.0 Å². The first kappa shape index (κ1) is 17.1. The van der Waals surface area contributed by atoms with Gasteiger partial charge in [0.2, 0.25) is 5.89 Å². The molecule has 0 bridgehead atoms. The molecule has 1 aliphatic heterocycles. The Bertz CT molecular complexity index is 797. The number of benzene rings is 1. The molecule has 1 amide bonds. The van der Waals surface area contributed by atoms with Crippen LogP contribution >= 0.6 is 0 Å². The minimum atomic E-state index is 0.137. The first-order valence-electron chi connectivity index (χ1n) is 9.60. The summed E-state index contributed by atoms with van der Waals surface area (Å²) >= 11 is 0. The molecule has 26 heavy (non-hydrogen) atoms. The van der Waals surface area contributed by atoms with Gasteiger partial charge in [-0.05, 0) is 69.7 Å². The van der Waals surface area contributed by atoms with E-state index in [-0.39, 0.29) is 5.91 Å². The molecule has 2 aliphatic rings. The predicted molar refractivity (Wildman–Crippen MR) is 99.1 cm³/mol. The minimum absolute atomic E-state index is 0.137.